The van der Waals surface area contributed by atoms with Crippen molar-refractivity contribution in [3.05, 3.63) is 0 Å². The van der Waals surface area contributed by atoms with Gasteiger partial charge in [0.1, 0.15) is 0 Å². The van der Waals surface area contributed by atoms with E-state index in [0.29, 0.717) is 0 Å². The summed E-state index contributed by atoms with van der Waals surface area (Å²) in [6.45, 7) is 12.8. The second kappa shape index (κ2) is 22.0. The molecular formula is C26H54N4S2. The van der Waals surface area contributed by atoms with E-state index in [1.807, 2.05) is 21.6 Å². The Kier molecular flexibility index (Phi) is 19.8. The van der Waals surface area contributed by atoms with Crippen LogP contribution in [-0.4, -0.2) is 86.8 Å². The van der Waals surface area contributed by atoms with E-state index in [1.165, 1.54) is 154 Å². The van der Waals surface area contributed by atoms with Gasteiger partial charge in [-0.15, -0.1) is 0 Å². The van der Waals surface area contributed by atoms with Crippen molar-refractivity contribution in [3.63, 3.8) is 0 Å². The molecule has 0 spiro atoms. The summed E-state index contributed by atoms with van der Waals surface area (Å²) in [6, 6.07) is 0. The lowest BCUT2D eigenvalue weighted by molar-refractivity contribution is 0.224. The molecule has 6 heteroatoms. The van der Waals surface area contributed by atoms with Crippen LogP contribution in [0.25, 0.3) is 0 Å². The predicted molar refractivity (Wildman–Crippen MR) is 148 cm³/mol. The molecule has 0 bridgehead atoms. The van der Waals surface area contributed by atoms with Crippen LogP contribution in [-0.2, 0) is 0 Å². The first-order valence-electron chi connectivity index (χ1n) is 14.1. The van der Waals surface area contributed by atoms with E-state index in [0.717, 1.165) is 13.1 Å². The Morgan fingerprint density at radius 2 is 0.844 bits per heavy atom. The summed E-state index contributed by atoms with van der Waals surface area (Å²) in [6.07, 6.45) is 19.7. The average molecular weight is 487 g/mol. The third-order valence-electron chi connectivity index (χ3n) is 6.86. The van der Waals surface area contributed by atoms with Crippen molar-refractivity contribution in [1.82, 2.24) is 20.4 Å². The van der Waals surface area contributed by atoms with E-state index in [2.05, 4.69) is 20.4 Å². The van der Waals surface area contributed by atoms with Crippen molar-refractivity contribution in [2.45, 2.75) is 89.9 Å². The van der Waals surface area contributed by atoms with Gasteiger partial charge in [0.05, 0.1) is 0 Å². The van der Waals surface area contributed by atoms with Crippen LogP contribution in [0.15, 0.2) is 0 Å². The van der Waals surface area contributed by atoms with Crippen molar-refractivity contribution in [2.75, 3.05) is 77.0 Å². The van der Waals surface area contributed by atoms with Gasteiger partial charge in [0.25, 0.3) is 0 Å². The molecular weight excluding hydrogens is 432 g/mol. The highest BCUT2D eigenvalue weighted by Crippen LogP contribution is 2.19. The highest BCUT2D eigenvalue weighted by Gasteiger charge is 2.09. The maximum absolute atomic E-state index is 3.62. The van der Waals surface area contributed by atoms with Crippen LogP contribution in [0.2, 0.25) is 0 Å². The van der Waals surface area contributed by atoms with Crippen LogP contribution >= 0.6 is 21.6 Å². The molecule has 0 aromatic rings. The summed E-state index contributed by atoms with van der Waals surface area (Å²) < 4.78 is 0. The lowest BCUT2D eigenvalue weighted by Crippen LogP contribution is -2.30. The lowest BCUT2D eigenvalue weighted by Gasteiger charge is -2.26. The van der Waals surface area contributed by atoms with E-state index in [1.54, 1.807) is 0 Å². The van der Waals surface area contributed by atoms with Gasteiger partial charge >= 0.3 is 0 Å². The number of likely N-dealkylation sites (tertiary alicyclic amines) is 2. The summed E-state index contributed by atoms with van der Waals surface area (Å²) in [5, 5.41) is 7.24. The monoisotopic (exact) mass is 486 g/mol. The topological polar surface area (TPSA) is 30.5 Å². The summed E-state index contributed by atoms with van der Waals surface area (Å²) in [5.74, 6) is 2.47. The molecule has 0 aromatic heterocycles. The van der Waals surface area contributed by atoms with Crippen LogP contribution in [0, 0.1) is 0 Å². The molecule has 0 unspecified atom stereocenters. The minimum atomic E-state index is 1.16. The fourth-order valence-corrected chi connectivity index (χ4v) is 6.74. The molecule has 0 aromatic carbocycles. The first-order valence-corrected chi connectivity index (χ1v) is 16.5. The van der Waals surface area contributed by atoms with Gasteiger partial charge in [0.15, 0.2) is 0 Å². The Balaban J connectivity index is 1.17. The van der Waals surface area contributed by atoms with Crippen LogP contribution in [0.1, 0.15) is 89.9 Å². The average Bonchev–Trinajstić information content (AvgIpc) is 2.84. The van der Waals surface area contributed by atoms with Crippen molar-refractivity contribution in [2.24, 2.45) is 0 Å². The van der Waals surface area contributed by atoms with E-state index in [4.69, 9.17) is 0 Å². The second-order valence-corrected chi connectivity index (χ2v) is 12.5. The zero-order valence-electron chi connectivity index (χ0n) is 21.1. The number of unbranched alkanes of at least 4 members (excludes halogenated alkanes) is 6. The summed E-state index contributed by atoms with van der Waals surface area (Å²) >= 11 is 0. The molecule has 2 heterocycles. The largest absolute Gasteiger partial charge is 0.316 e. The number of nitrogens with one attached hydrogen (secondary N) is 2. The highest BCUT2D eigenvalue weighted by atomic mass is 33.1. The van der Waals surface area contributed by atoms with E-state index in [-0.39, 0.29) is 0 Å². The third kappa shape index (κ3) is 17.0. The number of piperidine rings is 2. The van der Waals surface area contributed by atoms with Crippen LogP contribution in [0.4, 0.5) is 0 Å². The molecule has 2 N–H and O–H groups in total. The van der Waals surface area contributed by atoms with E-state index < -0.39 is 0 Å². The van der Waals surface area contributed by atoms with Gasteiger partial charge in [-0.3, -0.25) is 0 Å². The molecule has 32 heavy (non-hydrogen) atoms. The minimum Gasteiger partial charge on any atom is -0.316 e. The number of hydrogen-bond donors (Lipinski definition) is 2. The fraction of sp³-hybridized carbons (Fsp3) is 1.00. The minimum absolute atomic E-state index is 1.16. The van der Waals surface area contributed by atoms with Crippen LogP contribution in [0.3, 0.4) is 0 Å². The van der Waals surface area contributed by atoms with E-state index in [9.17, 15) is 0 Å². The number of rotatable bonds is 21. The molecule has 2 fully saturated rings. The van der Waals surface area contributed by atoms with Gasteiger partial charge in [-0.05, 0) is 104 Å². The van der Waals surface area contributed by atoms with Gasteiger partial charge in [-0.25, -0.2) is 0 Å². The molecule has 2 aliphatic heterocycles. The molecule has 2 rings (SSSR count). The molecule has 190 valence electrons. The highest BCUT2D eigenvalue weighted by molar-refractivity contribution is 8.76. The summed E-state index contributed by atoms with van der Waals surface area (Å²) in [5.41, 5.74) is 0. The van der Waals surface area contributed by atoms with Crippen molar-refractivity contribution in [3.8, 4) is 0 Å². The molecule has 2 saturated heterocycles. The normalized spacial score (nSPS) is 18.4. The summed E-state index contributed by atoms with van der Waals surface area (Å²) in [4.78, 5) is 5.34. The zero-order valence-corrected chi connectivity index (χ0v) is 22.7. The summed E-state index contributed by atoms with van der Waals surface area (Å²) in [7, 11) is 4.07. The quantitative estimate of drug-likeness (QED) is 0.161. The third-order valence-corrected chi connectivity index (χ3v) is 9.27. The van der Waals surface area contributed by atoms with Crippen LogP contribution < -0.4 is 10.6 Å². The molecule has 0 radical (unpaired) electrons. The number of nitrogens with zero attached hydrogens (tertiary/aromatic N) is 2. The maximum atomic E-state index is 3.62. The molecule has 0 atom stereocenters. The lowest BCUT2D eigenvalue weighted by atomic mass is 10.1. The number of hydrogen-bond acceptors (Lipinski definition) is 6. The molecule has 2 aliphatic rings. The SMILES string of the molecule is C(CCCN1CCCCC1)CCNCCSSCCNCCCCCCN1CCCCC1. The van der Waals surface area contributed by atoms with Crippen molar-refractivity contribution >= 4 is 21.6 Å². The molecule has 4 nitrogen and oxygen atoms in total. The van der Waals surface area contributed by atoms with Crippen molar-refractivity contribution < 1.29 is 0 Å². The van der Waals surface area contributed by atoms with Gasteiger partial charge in [0, 0.05) is 24.6 Å². The smallest absolute Gasteiger partial charge is 0.0162 e. The predicted octanol–water partition coefficient (Wildman–Crippen LogP) is 5.64. The Morgan fingerprint density at radius 3 is 1.28 bits per heavy atom. The molecule has 0 aliphatic carbocycles. The Labute approximate surface area is 208 Å². The van der Waals surface area contributed by atoms with Gasteiger partial charge in [0.2, 0.25) is 0 Å². The Morgan fingerprint density at radius 1 is 0.438 bits per heavy atom. The van der Waals surface area contributed by atoms with Crippen molar-refractivity contribution in [1.29, 1.82) is 0 Å². The fourth-order valence-electron chi connectivity index (χ4n) is 4.84. The Bertz CT molecular complexity index is 352. The van der Waals surface area contributed by atoms with Gasteiger partial charge in [-0.2, -0.15) is 0 Å². The van der Waals surface area contributed by atoms with Gasteiger partial charge in [-0.1, -0.05) is 60.1 Å². The first kappa shape index (κ1) is 28.8. The van der Waals surface area contributed by atoms with Gasteiger partial charge < -0.3 is 20.4 Å². The standard InChI is InChI=1S/C26H54N4S2/c1(3-9-19-29-21-11-5-12-22-29)7-15-27-17-25-31-32-26-18-28-16-8-2-4-10-20-30-23-13-6-14-24-30/h27-28H,1-26H2. The van der Waals surface area contributed by atoms with Crippen LogP contribution in [0.5, 0.6) is 0 Å². The molecule has 0 amide bonds. The Hall–Kier alpha value is 0.540. The first-order chi connectivity index (χ1) is 15.9. The molecule has 0 saturated carbocycles. The van der Waals surface area contributed by atoms with E-state index >= 15 is 0 Å². The second-order valence-electron chi connectivity index (χ2n) is 9.78. The maximum Gasteiger partial charge on any atom is 0.0162 e. The zero-order chi connectivity index (χ0) is 22.4.